The van der Waals surface area contributed by atoms with E-state index in [1.807, 2.05) is 56.6 Å². The van der Waals surface area contributed by atoms with Crippen molar-refractivity contribution >= 4 is 41.1 Å². The maximum atomic E-state index is 12.2. The summed E-state index contributed by atoms with van der Waals surface area (Å²) in [4.78, 5) is 25.1. The lowest BCUT2D eigenvalue weighted by molar-refractivity contribution is -0.116. The fraction of sp³-hybridized carbons (Fsp3) is 0.143. The van der Waals surface area contributed by atoms with Gasteiger partial charge in [-0.2, -0.15) is 0 Å². The number of amides is 1. The Balaban J connectivity index is 1.95. The Morgan fingerprint density at radius 1 is 1.00 bits per heavy atom. The van der Waals surface area contributed by atoms with Crippen molar-refractivity contribution in [2.45, 2.75) is 20.3 Å². The van der Waals surface area contributed by atoms with E-state index in [0.717, 1.165) is 22.1 Å². The maximum absolute atomic E-state index is 12.2. The molecule has 0 saturated carbocycles. The van der Waals surface area contributed by atoms with Gasteiger partial charge in [0.05, 0.1) is 6.54 Å². The van der Waals surface area contributed by atoms with Crippen LogP contribution in [0.1, 0.15) is 22.8 Å². The number of anilines is 1. The minimum atomic E-state index is -1.18. The SMILES string of the molecule is C[B]c1ccc(N(Cc2ccc3cc(O)c(C(=O)O)cc3c2)C(C)=O)cc1. The average molecular weight is 360 g/mol. The van der Waals surface area contributed by atoms with Gasteiger partial charge in [-0.25, -0.2) is 4.79 Å². The smallest absolute Gasteiger partial charge is 0.339 e. The number of carbonyl (C=O) groups excluding carboxylic acids is 1. The Labute approximate surface area is 158 Å². The third-order valence-electron chi connectivity index (χ3n) is 4.51. The third-order valence-corrected chi connectivity index (χ3v) is 4.51. The van der Waals surface area contributed by atoms with Crippen molar-refractivity contribution in [3.8, 4) is 5.75 Å². The largest absolute Gasteiger partial charge is 0.507 e. The minimum absolute atomic E-state index is 0.0831. The summed E-state index contributed by atoms with van der Waals surface area (Å²) in [7, 11) is 1.99. The Morgan fingerprint density at radius 2 is 1.70 bits per heavy atom. The first-order chi connectivity index (χ1) is 12.9. The van der Waals surface area contributed by atoms with Crippen LogP contribution in [0.3, 0.4) is 0 Å². The summed E-state index contributed by atoms with van der Waals surface area (Å²) in [5.41, 5.74) is 2.60. The highest BCUT2D eigenvalue weighted by molar-refractivity contribution is 6.51. The van der Waals surface area contributed by atoms with Crippen LogP contribution in [0.2, 0.25) is 6.82 Å². The molecule has 27 heavy (non-hydrogen) atoms. The molecular formula is C21H19BNO4. The van der Waals surface area contributed by atoms with Crippen LogP contribution in [0, 0.1) is 0 Å². The van der Waals surface area contributed by atoms with Crippen molar-refractivity contribution in [1.29, 1.82) is 0 Å². The Hall–Kier alpha value is -3.28. The molecule has 0 aliphatic carbocycles. The quantitative estimate of drug-likeness (QED) is 0.685. The molecule has 0 saturated heterocycles. The number of carboxylic acids is 1. The molecule has 3 aromatic carbocycles. The first-order valence-corrected chi connectivity index (χ1v) is 8.55. The number of benzene rings is 3. The molecule has 3 rings (SSSR count). The molecule has 0 aliphatic rings. The highest BCUT2D eigenvalue weighted by atomic mass is 16.4. The van der Waals surface area contributed by atoms with Crippen LogP contribution in [0.25, 0.3) is 10.8 Å². The van der Waals surface area contributed by atoms with Gasteiger partial charge < -0.3 is 15.1 Å². The third kappa shape index (κ3) is 3.95. The van der Waals surface area contributed by atoms with Crippen molar-refractivity contribution in [3.63, 3.8) is 0 Å². The van der Waals surface area contributed by atoms with E-state index >= 15 is 0 Å². The van der Waals surface area contributed by atoms with Crippen molar-refractivity contribution in [3.05, 3.63) is 65.7 Å². The molecule has 0 fully saturated rings. The van der Waals surface area contributed by atoms with Crippen LogP contribution < -0.4 is 10.4 Å². The summed E-state index contributed by atoms with van der Waals surface area (Å²) in [6, 6.07) is 16.1. The van der Waals surface area contributed by atoms with Gasteiger partial charge in [-0.05, 0) is 46.7 Å². The van der Waals surface area contributed by atoms with Gasteiger partial charge in [-0.3, -0.25) is 4.79 Å². The van der Waals surface area contributed by atoms with E-state index in [9.17, 15) is 19.8 Å². The second-order valence-corrected chi connectivity index (χ2v) is 6.34. The predicted molar refractivity (Wildman–Crippen MR) is 107 cm³/mol. The van der Waals surface area contributed by atoms with Gasteiger partial charge >= 0.3 is 5.97 Å². The first kappa shape index (κ1) is 18.5. The standard InChI is InChI=1S/C21H19BNO4/c1-13(24)23(18-7-5-17(22-2)6-8-18)12-14-3-4-15-11-20(25)19(21(26)27)10-16(15)9-14/h3-11,25H,12H2,1-2H3,(H,26,27). The second-order valence-electron chi connectivity index (χ2n) is 6.34. The maximum Gasteiger partial charge on any atom is 0.339 e. The van der Waals surface area contributed by atoms with E-state index in [2.05, 4.69) is 0 Å². The van der Waals surface area contributed by atoms with Gasteiger partial charge in [0.1, 0.15) is 18.6 Å². The van der Waals surface area contributed by atoms with Crippen LogP contribution in [0.5, 0.6) is 5.75 Å². The van der Waals surface area contributed by atoms with Gasteiger partial charge in [0.25, 0.3) is 0 Å². The van der Waals surface area contributed by atoms with Crippen LogP contribution >= 0.6 is 0 Å². The lowest BCUT2D eigenvalue weighted by atomic mass is 9.73. The summed E-state index contributed by atoms with van der Waals surface area (Å²) >= 11 is 0. The highest BCUT2D eigenvalue weighted by Crippen LogP contribution is 2.27. The predicted octanol–water partition coefficient (Wildman–Crippen LogP) is 3.17. The normalized spacial score (nSPS) is 10.6. The molecule has 0 atom stereocenters. The summed E-state index contributed by atoms with van der Waals surface area (Å²) in [5, 5.41) is 20.4. The van der Waals surface area contributed by atoms with Crippen molar-refractivity contribution in [2.75, 3.05) is 4.90 Å². The molecule has 1 amide bonds. The lowest BCUT2D eigenvalue weighted by Crippen LogP contribution is -2.28. The number of aromatic hydroxyl groups is 1. The molecule has 0 bridgehead atoms. The van der Waals surface area contributed by atoms with E-state index in [4.69, 9.17) is 0 Å². The van der Waals surface area contributed by atoms with Crippen LogP contribution in [-0.2, 0) is 11.3 Å². The molecule has 0 spiro atoms. The minimum Gasteiger partial charge on any atom is -0.507 e. The number of hydrogen-bond acceptors (Lipinski definition) is 3. The molecule has 0 unspecified atom stereocenters. The number of hydrogen-bond donors (Lipinski definition) is 2. The summed E-state index contributed by atoms with van der Waals surface area (Å²) in [6.07, 6.45) is 0. The van der Waals surface area contributed by atoms with Crippen molar-refractivity contribution < 1.29 is 19.8 Å². The number of carboxylic acid groups (broad SMARTS) is 1. The molecule has 135 valence electrons. The lowest BCUT2D eigenvalue weighted by Gasteiger charge is -2.22. The topological polar surface area (TPSA) is 77.8 Å². The van der Waals surface area contributed by atoms with Gasteiger partial charge in [0.2, 0.25) is 5.91 Å². The van der Waals surface area contributed by atoms with E-state index < -0.39 is 5.97 Å². The Bertz CT molecular complexity index is 1010. The summed E-state index contributed by atoms with van der Waals surface area (Å²) in [5.74, 6) is -1.53. The fourth-order valence-corrected chi connectivity index (χ4v) is 3.02. The molecule has 6 heteroatoms. The van der Waals surface area contributed by atoms with E-state index in [-0.39, 0.29) is 17.2 Å². The number of phenols is 1. The number of nitrogens with zero attached hydrogens (tertiary/aromatic N) is 1. The molecule has 0 heterocycles. The molecule has 2 N–H and O–H groups in total. The molecule has 1 radical (unpaired) electrons. The van der Waals surface area contributed by atoms with Gasteiger partial charge in [0, 0.05) is 12.6 Å². The zero-order valence-electron chi connectivity index (χ0n) is 15.1. The Kier molecular flexibility index (Phi) is 5.17. The van der Waals surface area contributed by atoms with Gasteiger partial charge in [-0.1, -0.05) is 36.6 Å². The first-order valence-electron chi connectivity index (χ1n) is 8.55. The monoisotopic (exact) mass is 360 g/mol. The van der Waals surface area contributed by atoms with E-state index in [1.165, 1.54) is 19.1 Å². The van der Waals surface area contributed by atoms with Crippen LogP contribution in [0.15, 0.2) is 54.6 Å². The fourth-order valence-electron chi connectivity index (χ4n) is 3.02. The van der Waals surface area contributed by atoms with Crippen molar-refractivity contribution in [1.82, 2.24) is 0 Å². The highest BCUT2D eigenvalue weighted by Gasteiger charge is 2.14. The van der Waals surface area contributed by atoms with Crippen LogP contribution in [-0.4, -0.2) is 29.4 Å². The van der Waals surface area contributed by atoms with Gasteiger partial charge in [0.15, 0.2) is 0 Å². The number of fused-ring (bicyclic) bond motifs is 1. The second kappa shape index (κ2) is 7.54. The van der Waals surface area contributed by atoms with E-state index in [1.54, 1.807) is 4.90 Å². The zero-order valence-corrected chi connectivity index (χ0v) is 15.1. The summed E-state index contributed by atoms with van der Waals surface area (Å²) in [6.45, 7) is 3.83. The summed E-state index contributed by atoms with van der Waals surface area (Å²) < 4.78 is 0. The molecule has 0 aliphatic heterocycles. The average Bonchev–Trinajstić information content (AvgIpc) is 2.65. The van der Waals surface area contributed by atoms with E-state index in [0.29, 0.717) is 11.9 Å². The Morgan fingerprint density at radius 3 is 2.30 bits per heavy atom. The van der Waals surface area contributed by atoms with Crippen molar-refractivity contribution in [2.24, 2.45) is 0 Å². The molecule has 0 aromatic heterocycles. The van der Waals surface area contributed by atoms with Crippen LogP contribution in [0.4, 0.5) is 5.69 Å². The number of rotatable bonds is 5. The number of aromatic carboxylic acids is 1. The number of carbonyl (C=O) groups is 2. The van der Waals surface area contributed by atoms with Gasteiger partial charge in [-0.15, -0.1) is 0 Å². The molecule has 5 nitrogen and oxygen atoms in total. The molecular weight excluding hydrogens is 341 g/mol. The zero-order chi connectivity index (χ0) is 19.6. The molecule has 3 aromatic rings.